The molecule has 4 rings (SSSR count). The Morgan fingerprint density at radius 1 is 1.04 bits per heavy atom. The highest BCUT2D eigenvalue weighted by Gasteiger charge is 2.44. The lowest BCUT2D eigenvalue weighted by molar-refractivity contribution is 0.0534. The van der Waals surface area contributed by atoms with E-state index in [1.165, 1.54) is 6.07 Å². The van der Waals surface area contributed by atoms with Gasteiger partial charge in [0.15, 0.2) is 0 Å². The van der Waals surface area contributed by atoms with E-state index in [1.807, 2.05) is 41.3 Å². The summed E-state index contributed by atoms with van der Waals surface area (Å²) in [6.07, 6.45) is 4.32. The second kappa shape index (κ2) is 7.69. The van der Waals surface area contributed by atoms with Gasteiger partial charge < -0.3 is 10.2 Å². The van der Waals surface area contributed by atoms with Gasteiger partial charge in [0.1, 0.15) is 5.82 Å². The second-order valence-corrected chi connectivity index (χ2v) is 7.70. The minimum absolute atomic E-state index is 0.0125. The summed E-state index contributed by atoms with van der Waals surface area (Å²) < 4.78 is 13.6. The Kier molecular flexibility index (Phi) is 5.12. The zero-order valence-electron chi connectivity index (χ0n) is 15.5. The lowest BCUT2D eigenvalue weighted by atomic mass is 9.86. The molecule has 2 heterocycles. The molecule has 2 amide bonds. The van der Waals surface area contributed by atoms with E-state index >= 15 is 0 Å². The fourth-order valence-corrected chi connectivity index (χ4v) is 4.57. The molecule has 0 aliphatic carbocycles. The molecular formula is C22H26FN3O. The summed E-state index contributed by atoms with van der Waals surface area (Å²) in [5.74, 6) is -0.187. The van der Waals surface area contributed by atoms with E-state index in [9.17, 15) is 9.18 Å². The molecule has 142 valence electrons. The van der Waals surface area contributed by atoms with Crippen LogP contribution in [-0.4, -0.2) is 41.0 Å². The Balaban J connectivity index is 1.46. The highest BCUT2D eigenvalue weighted by atomic mass is 19.1. The van der Waals surface area contributed by atoms with E-state index in [0.717, 1.165) is 63.1 Å². The van der Waals surface area contributed by atoms with Crippen molar-refractivity contribution in [2.75, 3.05) is 25.0 Å². The van der Waals surface area contributed by atoms with Gasteiger partial charge in [-0.3, -0.25) is 4.90 Å². The normalized spacial score (nSPS) is 22.9. The summed E-state index contributed by atoms with van der Waals surface area (Å²) in [6.45, 7) is 3.27. The van der Waals surface area contributed by atoms with Crippen molar-refractivity contribution in [3.05, 3.63) is 66.0 Å². The molecule has 2 aromatic rings. The van der Waals surface area contributed by atoms with Crippen molar-refractivity contribution < 1.29 is 9.18 Å². The Labute approximate surface area is 160 Å². The number of anilines is 1. The summed E-state index contributed by atoms with van der Waals surface area (Å²) in [4.78, 5) is 17.2. The fourth-order valence-electron chi connectivity index (χ4n) is 4.57. The first kappa shape index (κ1) is 18.0. The number of nitrogens with one attached hydrogen (secondary N) is 1. The smallest absolute Gasteiger partial charge is 0.321 e. The maximum Gasteiger partial charge on any atom is 0.321 e. The third-order valence-electron chi connectivity index (χ3n) is 5.87. The van der Waals surface area contributed by atoms with Gasteiger partial charge in [-0.1, -0.05) is 30.3 Å². The van der Waals surface area contributed by atoms with Crippen LogP contribution >= 0.6 is 0 Å². The zero-order valence-corrected chi connectivity index (χ0v) is 15.5. The third-order valence-corrected chi connectivity index (χ3v) is 5.87. The molecule has 1 atom stereocenters. The first-order valence-electron chi connectivity index (χ1n) is 9.75. The molecule has 2 saturated heterocycles. The van der Waals surface area contributed by atoms with Crippen molar-refractivity contribution in [1.82, 2.24) is 9.80 Å². The number of urea groups is 1. The summed E-state index contributed by atoms with van der Waals surface area (Å²) in [5.41, 5.74) is 1.84. The molecule has 27 heavy (non-hydrogen) atoms. The Bertz CT molecular complexity index is 797. The number of nitrogens with zero attached hydrogens (tertiary/aromatic N) is 2. The molecule has 0 saturated carbocycles. The number of carbonyl (C=O) groups excluding carboxylic acids is 1. The van der Waals surface area contributed by atoms with Crippen LogP contribution in [0.2, 0.25) is 0 Å². The maximum absolute atomic E-state index is 13.6. The number of likely N-dealkylation sites (tertiary alicyclic amines) is 2. The van der Waals surface area contributed by atoms with Gasteiger partial charge in [0, 0.05) is 30.9 Å². The number of carbonyl (C=O) groups is 1. The lowest BCUT2D eigenvalue weighted by Gasteiger charge is -2.46. The topological polar surface area (TPSA) is 35.6 Å². The van der Waals surface area contributed by atoms with Gasteiger partial charge in [0.2, 0.25) is 0 Å². The Morgan fingerprint density at radius 3 is 2.59 bits per heavy atom. The number of para-hydroxylation sites is 1. The molecule has 1 unspecified atom stereocenters. The van der Waals surface area contributed by atoms with E-state index in [0.29, 0.717) is 0 Å². The number of hydrogen-bond acceptors (Lipinski definition) is 2. The predicted octanol–water partition coefficient (Wildman–Crippen LogP) is 4.49. The first-order valence-corrected chi connectivity index (χ1v) is 9.75. The molecule has 1 N–H and O–H groups in total. The van der Waals surface area contributed by atoms with Crippen LogP contribution in [0.3, 0.4) is 0 Å². The molecule has 1 spiro atoms. The van der Waals surface area contributed by atoms with Crippen LogP contribution < -0.4 is 5.32 Å². The van der Waals surface area contributed by atoms with Gasteiger partial charge in [0.25, 0.3) is 0 Å². The molecular weight excluding hydrogens is 341 g/mol. The third kappa shape index (κ3) is 3.98. The van der Waals surface area contributed by atoms with Crippen LogP contribution in [0.25, 0.3) is 0 Å². The summed E-state index contributed by atoms with van der Waals surface area (Å²) in [6, 6.07) is 16.4. The highest BCUT2D eigenvalue weighted by molar-refractivity contribution is 5.89. The summed E-state index contributed by atoms with van der Waals surface area (Å²) in [5, 5.41) is 3.01. The fraction of sp³-hybridized carbons (Fsp3) is 0.409. The Morgan fingerprint density at radius 2 is 1.81 bits per heavy atom. The zero-order chi connectivity index (χ0) is 18.7. The van der Waals surface area contributed by atoms with E-state index < -0.39 is 0 Å². The van der Waals surface area contributed by atoms with Crippen LogP contribution in [-0.2, 0) is 6.54 Å². The van der Waals surface area contributed by atoms with Crippen LogP contribution in [0.15, 0.2) is 54.6 Å². The first-order chi connectivity index (χ1) is 13.1. The minimum Gasteiger partial charge on any atom is -0.323 e. The summed E-state index contributed by atoms with van der Waals surface area (Å²) >= 11 is 0. The quantitative estimate of drug-likeness (QED) is 0.868. The molecule has 0 radical (unpaired) electrons. The van der Waals surface area contributed by atoms with Crippen molar-refractivity contribution in [1.29, 1.82) is 0 Å². The van der Waals surface area contributed by atoms with E-state index in [1.54, 1.807) is 12.1 Å². The molecule has 4 nitrogen and oxygen atoms in total. The number of rotatable bonds is 3. The maximum atomic E-state index is 13.6. The van der Waals surface area contributed by atoms with Gasteiger partial charge in [-0.2, -0.15) is 0 Å². The van der Waals surface area contributed by atoms with Crippen LogP contribution in [0.5, 0.6) is 0 Å². The van der Waals surface area contributed by atoms with Crippen molar-refractivity contribution in [2.45, 2.75) is 37.8 Å². The molecule has 0 aromatic heterocycles. The minimum atomic E-state index is -0.187. The lowest BCUT2D eigenvalue weighted by Crippen LogP contribution is -2.57. The van der Waals surface area contributed by atoms with Crippen molar-refractivity contribution >= 4 is 11.7 Å². The highest BCUT2D eigenvalue weighted by Crippen LogP contribution is 2.38. The van der Waals surface area contributed by atoms with Crippen LogP contribution in [0.1, 0.15) is 31.2 Å². The molecule has 0 bridgehead atoms. The van der Waals surface area contributed by atoms with Gasteiger partial charge >= 0.3 is 6.03 Å². The van der Waals surface area contributed by atoms with Gasteiger partial charge in [-0.25, -0.2) is 9.18 Å². The standard InChI is InChI=1S/C22H26FN3O/c23-19-8-4-7-18(15-19)16-26-14-6-12-22(26)11-5-13-25(17-22)21(27)24-20-9-2-1-3-10-20/h1-4,7-10,15H,5-6,11-14,16-17H2,(H,24,27). The molecule has 2 aliphatic rings. The molecule has 2 aliphatic heterocycles. The number of hydrogen-bond donors (Lipinski definition) is 1. The average molecular weight is 367 g/mol. The van der Waals surface area contributed by atoms with Crippen molar-refractivity contribution in [2.24, 2.45) is 0 Å². The van der Waals surface area contributed by atoms with Gasteiger partial charge in [-0.05, 0) is 62.1 Å². The number of piperidine rings is 1. The van der Waals surface area contributed by atoms with E-state index in [4.69, 9.17) is 0 Å². The monoisotopic (exact) mass is 367 g/mol. The molecule has 2 fully saturated rings. The van der Waals surface area contributed by atoms with E-state index in [-0.39, 0.29) is 17.4 Å². The largest absolute Gasteiger partial charge is 0.323 e. The summed E-state index contributed by atoms with van der Waals surface area (Å²) in [7, 11) is 0. The number of benzene rings is 2. The van der Waals surface area contributed by atoms with Crippen molar-refractivity contribution in [3.63, 3.8) is 0 Å². The Hall–Kier alpha value is -2.40. The molecule has 2 aromatic carbocycles. The SMILES string of the molecule is O=C(Nc1ccccc1)N1CCCC2(CCCN2Cc2cccc(F)c2)C1. The van der Waals surface area contributed by atoms with Crippen LogP contribution in [0, 0.1) is 5.82 Å². The van der Waals surface area contributed by atoms with Gasteiger partial charge in [0.05, 0.1) is 0 Å². The number of halogens is 1. The number of amides is 2. The van der Waals surface area contributed by atoms with E-state index in [2.05, 4.69) is 10.2 Å². The van der Waals surface area contributed by atoms with Crippen LogP contribution in [0.4, 0.5) is 14.9 Å². The average Bonchev–Trinajstić information content (AvgIpc) is 3.04. The van der Waals surface area contributed by atoms with Crippen molar-refractivity contribution in [3.8, 4) is 0 Å². The second-order valence-electron chi connectivity index (χ2n) is 7.70. The molecule has 5 heteroatoms. The predicted molar refractivity (Wildman–Crippen MR) is 105 cm³/mol. The van der Waals surface area contributed by atoms with Gasteiger partial charge in [-0.15, -0.1) is 0 Å².